The molecule has 6 heteroatoms. The Morgan fingerprint density at radius 1 is 1.10 bits per heavy atom. The smallest absolute Gasteiger partial charge is 0.457 e. The second kappa shape index (κ2) is 8.25. The molecule has 0 aromatic heterocycles. The Morgan fingerprint density at radius 3 is 2.62 bits per heavy atom. The summed E-state index contributed by atoms with van der Waals surface area (Å²) in [6, 6.07) is 14.0. The Labute approximate surface area is 176 Å². The van der Waals surface area contributed by atoms with E-state index in [1.54, 1.807) is 0 Å². The zero-order valence-corrected chi connectivity index (χ0v) is 17.7. The molecule has 3 atom stereocenters. The van der Waals surface area contributed by atoms with Gasteiger partial charge >= 0.3 is 6.16 Å². The van der Waals surface area contributed by atoms with Crippen LogP contribution in [-0.2, 0) is 9.47 Å². The van der Waals surface area contributed by atoms with Gasteiger partial charge in [-0.3, -0.25) is 4.48 Å². The number of rotatable bonds is 5. The predicted octanol–water partition coefficient (Wildman–Crippen LogP) is 5.68. The Hall–Kier alpha value is -2.24. The van der Waals surface area contributed by atoms with E-state index >= 15 is 0 Å². The molecule has 0 amide bonds. The van der Waals surface area contributed by atoms with Crippen LogP contribution in [-0.4, -0.2) is 44.1 Å². The minimum atomic E-state index is -0.586. The fourth-order valence-corrected chi connectivity index (χ4v) is 4.65. The van der Waals surface area contributed by atoms with Crippen molar-refractivity contribution in [3.63, 3.8) is 0 Å². The van der Waals surface area contributed by atoms with Gasteiger partial charge in [-0.05, 0) is 30.7 Å². The molecule has 5 nitrogen and oxygen atoms in total. The van der Waals surface area contributed by atoms with Crippen LogP contribution in [0.5, 0.6) is 11.5 Å². The Kier molecular flexibility index (Phi) is 5.70. The van der Waals surface area contributed by atoms with Crippen molar-refractivity contribution in [2.24, 2.45) is 0 Å². The van der Waals surface area contributed by atoms with Crippen molar-refractivity contribution in [3.05, 3.63) is 58.6 Å². The number of carbonyl (C=O) groups excluding carboxylic acids is 1. The molecule has 0 saturated carbocycles. The van der Waals surface area contributed by atoms with Crippen LogP contribution in [0.15, 0.2) is 42.5 Å². The summed E-state index contributed by atoms with van der Waals surface area (Å²) in [7, 11) is 2.13. The second-order valence-corrected chi connectivity index (χ2v) is 8.68. The molecule has 2 aromatic carbocycles. The highest BCUT2D eigenvalue weighted by atomic mass is 35.5. The third kappa shape index (κ3) is 4.21. The van der Waals surface area contributed by atoms with Crippen molar-refractivity contribution < 1.29 is 23.5 Å². The topological polar surface area (TPSA) is 44.8 Å². The van der Waals surface area contributed by atoms with E-state index < -0.39 is 6.16 Å². The maximum atomic E-state index is 11.9. The third-order valence-electron chi connectivity index (χ3n) is 5.88. The first-order valence-electron chi connectivity index (χ1n) is 10.2. The molecule has 29 heavy (non-hydrogen) atoms. The van der Waals surface area contributed by atoms with Crippen molar-refractivity contribution in [2.45, 2.75) is 31.6 Å². The number of para-hydroxylation sites is 1. The van der Waals surface area contributed by atoms with E-state index in [0.29, 0.717) is 16.1 Å². The van der Waals surface area contributed by atoms with Crippen LogP contribution in [0.2, 0.25) is 5.02 Å². The number of halogens is 1. The lowest BCUT2D eigenvalue weighted by molar-refractivity contribution is -0.915. The summed E-state index contributed by atoms with van der Waals surface area (Å²) >= 11 is 6.32. The van der Waals surface area contributed by atoms with E-state index in [1.807, 2.05) is 36.4 Å². The van der Waals surface area contributed by atoms with Gasteiger partial charge in [-0.1, -0.05) is 43.1 Å². The number of likely N-dealkylation sites (N-methyl/N-ethyl adjacent to an activating group) is 1. The van der Waals surface area contributed by atoms with Crippen LogP contribution in [0.4, 0.5) is 4.79 Å². The van der Waals surface area contributed by atoms with Crippen molar-refractivity contribution in [1.29, 1.82) is 0 Å². The number of benzene rings is 2. The van der Waals surface area contributed by atoms with Crippen molar-refractivity contribution in [3.8, 4) is 11.5 Å². The number of ether oxygens (including phenoxy) is 3. The summed E-state index contributed by atoms with van der Waals surface area (Å²) in [5, 5.41) is 0.703. The summed E-state index contributed by atoms with van der Waals surface area (Å²) in [5.41, 5.74) is 2.31. The molecule has 4 rings (SSSR count). The quantitative estimate of drug-likeness (QED) is 0.357. The number of hydrogen-bond donors (Lipinski definition) is 0. The van der Waals surface area contributed by atoms with Crippen LogP contribution in [0.1, 0.15) is 42.7 Å². The summed E-state index contributed by atoms with van der Waals surface area (Å²) in [4.78, 5) is 11.9. The molecule has 3 unspecified atom stereocenters. The molecule has 2 aromatic rings. The molecule has 0 aliphatic carbocycles. The zero-order valence-electron chi connectivity index (χ0n) is 16.9. The summed E-state index contributed by atoms with van der Waals surface area (Å²) in [6.07, 6.45) is 1.24. The monoisotopic (exact) mass is 416 g/mol. The van der Waals surface area contributed by atoms with Gasteiger partial charge in [0.15, 0.2) is 0 Å². The number of nitrogens with zero attached hydrogens (tertiary/aromatic N) is 1. The molecule has 2 aliphatic rings. The lowest BCUT2D eigenvalue weighted by Gasteiger charge is -2.29. The van der Waals surface area contributed by atoms with E-state index in [1.165, 1.54) is 5.56 Å². The average Bonchev–Trinajstić information content (AvgIpc) is 3.01. The van der Waals surface area contributed by atoms with E-state index in [4.69, 9.17) is 25.8 Å². The number of unbranched alkanes of at least 4 members (excludes halogenated alkanes) is 1. The van der Waals surface area contributed by atoms with Gasteiger partial charge in [-0.25, -0.2) is 4.79 Å². The second-order valence-electron chi connectivity index (χ2n) is 8.25. The van der Waals surface area contributed by atoms with Crippen LogP contribution in [0, 0.1) is 0 Å². The molecule has 0 radical (unpaired) electrons. The van der Waals surface area contributed by atoms with E-state index in [0.717, 1.165) is 43.0 Å². The maximum absolute atomic E-state index is 11.9. The predicted molar refractivity (Wildman–Crippen MR) is 112 cm³/mol. The highest BCUT2D eigenvalue weighted by Crippen LogP contribution is 2.51. The minimum absolute atomic E-state index is 0.233. The van der Waals surface area contributed by atoms with Crippen LogP contribution < -0.4 is 4.74 Å². The van der Waals surface area contributed by atoms with E-state index in [2.05, 4.69) is 20.0 Å². The molecule has 1 saturated heterocycles. The average molecular weight is 417 g/mol. The fourth-order valence-electron chi connectivity index (χ4n) is 4.46. The van der Waals surface area contributed by atoms with E-state index in [-0.39, 0.29) is 18.6 Å². The Morgan fingerprint density at radius 2 is 1.83 bits per heavy atom. The van der Waals surface area contributed by atoms with Gasteiger partial charge in [0.1, 0.15) is 11.5 Å². The number of carbonyl (C=O) groups is 1. The number of likely N-dealkylation sites (tertiary alicyclic amines) is 1. The minimum Gasteiger partial charge on any atom is -0.457 e. The number of hydrogen-bond acceptors (Lipinski definition) is 4. The van der Waals surface area contributed by atoms with Crippen LogP contribution in [0.25, 0.3) is 0 Å². The molecule has 0 spiro atoms. The third-order valence-corrected chi connectivity index (χ3v) is 6.12. The molecule has 154 valence electrons. The summed E-state index contributed by atoms with van der Waals surface area (Å²) in [5.74, 6) is 2.23. The first kappa shape index (κ1) is 20.0. The van der Waals surface area contributed by atoms with Gasteiger partial charge in [0.05, 0.1) is 26.7 Å². The van der Waals surface area contributed by atoms with Gasteiger partial charge in [0, 0.05) is 28.0 Å². The standard InChI is InChI=1S/C23H27ClNO4/c1-3-4-11-27-23(26)28-15-25(2)13-19-17-7-5-6-8-21(17)29-22-10-9-16(24)12-18(22)20(19)14-25/h5-10,12,19-20H,3-4,11,13-15H2,1-2H3/q+1. The van der Waals surface area contributed by atoms with Crippen LogP contribution >= 0.6 is 11.6 Å². The Balaban J connectivity index is 1.58. The molecule has 2 heterocycles. The molecule has 0 bridgehead atoms. The van der Waals surface area contributed by atoms with Gasteiger partial charge in [-0.2, -0.15) is 0 Å². The largest absolute Gasteiger partial charge is 0.512 e. The zero-order chi connectivity index (χ0) is 20.4. The molecular weight excluding hydrogens is 390 g/mol. The molecular formula is C23H27ClNO4+. The first-order chi connectivity index (χ1) is 14.0. The lowest BCUT2D eigenvalue weighted by atomic mass is 9.84. The van der Waals surface area contributed by atoms with Gasteiger partial charge in [-0.15, -0.1) is 0 Å². The van der Waals surface area contributed by atoms with Gasteiger partial charge in [0.25, 0.3) is 0 Å². The number of quaternary nitrogens is 1. The fraction of sp³-hybridized carbons (Fsp3) is 0.435. The van der Waals surface area contributed by atoms with Crippen LogP contribution in [0.3, 0.4) is 0 Å². The summed E-state index contributed by atoms with van der Waals surface area (Å²) < 4.78 is 17.5. The van der Waals surface area contributed by atoms with Crippen molar-refractivity contribution in [1.82, 2.24) is 0 Å². The molecule has 2 aliphatic heterocycles. The van der Waals surface area contributed by atoms with Gasteiger partial charge < -0.3 is 14.2 Å². The first-order valence-corrected chi connectivity index (χ1v) is 10.6. The highest BCUT2D eigenvalue weighted by Gasteiger charge is 2.48. The van der Waals surface area contributed by atoms with Gasteiger partial charge in [0.2, 0.25) is 6.73 Å². The van der Waals surface area contributed by atoms with Crippen molar-refractivity contribution >= 4 is 17.8 Å². The normalized spacial score (nSPS) is 24.5. The number of fused-ring (bicyclic) bond motifs is 5. The SMILES string of the molecule is CCCCOC(=O)OC[N+]1(C)CC2c3ccccc3Oc3ccc(Cl)cc3C2C1. The molecule has 1 fully saturated rings. The lowest BCUT2D eigenvalue weighted by Crippen LogP contribution is -2.44. The highest BCUT2D eigenvalue weighted by molar-refractivity contribution is 6.30. The summed E-state index contributed by atoms with van der Waals surface area (Å²) in [6.45, 7) is 4.43. The Bertz CT molecular complexity index is 902. The van der Waals surface area contributed by atoms with Crippen molar-refractivity contribution in [2.75, 3.05) is 33.5 Å². The maximum Gasteiger partial charge on any atom is 0.512 e. The van der Waals surface area contributed by atoms with E-state index in [9.17, 15) is 4.79 Å². The molecule has 0 N–H and O–H groups in total.